The average molecular weight is 311 g/mol. The van der Waals surface area contributed by atoms with Crippen molar-refractivity contribution in [3.05, 3.63) is 42.2 Å². The zero-order chi connectivity index (χ0) is 15.1. The van der Waals surface area contributed by atoms with Crippen molar-refractivity contribution < 1.29 is 4.74 Å². The Morgan fingerprint density at radius 3 is 2.82 bits per heavy atom. The van der Waals surface area contributed by atoms with E-state index in [4.69, 9.17) is 10.5 Å². The Morgan fingerprint density at radius 2 is 2.05 bits per heavy atom. The lowest BCUT2D eigenvalue weighted by molar-refractivity contribution is 0.414. The molecular weight excluding hydrogens is 298 g/mol. The van der Waals surface area contributed by atoms with Gasteiger partial charge in [-0.3, -0.25) is 0 Å². The first-order valence-corrected chi connectivity index (χ1v) is 7.51. The van der Waals surface area contributed by atoms with E-state index >= 15 is 0 Å². The molecule has 3 heterocycles. The molecule has 0 saturated heterocycles. The first-order valence-electron chi connectivity index (χ1n) is 6.74. The number of nitrogens with two attached hydrogens (primary N) is 1. The Kier molecular flexibility index (Phi) is 2.93. The molecule has 4 aromatic rings. The Bertz CT molecular complexity index is 957. The minimum Gasteiger partial charge on any atom is -0.497 e. The number of nitrogen functional groups attached to an aromatic ring is 1. The topological polar surface area (TPSA) is 78.8 Å². The number of aromatic nitrogens is 4. The Hall–Kier alpha value is -2.67. The molecular formula is C15H13N5OS. The van der Waals surface area contributed by atoms with Crippen molar-refractivity contribution in [1.82, 2.24) is 18.9 Å². The summed E-state index contributed by atoms with van der Waals surface area (Å²) in [7, 11) is 1.66. The van der Waals surface area contributed by atoms with E-state index in [0.29, 0.717) is 6.54 Å². The van der Waals surface area contributed by atoms with Gasteiger partial charge in [-0.25, -0.2) is 4.98 Å². The lowest BCUT2D eigenvalue weighted by Crippen LogP contribution is -2.02. The molecule has 0 aliphatic carbocycles. The summed E-state index contributed by atoms with van der Waals surface area (Å²) in [6.07, 6.45) is 3.63. The average Bonchev–Trinajstić information content (AvgIpc) is 3.11. The third-order valence-electron chi connectivity index (χ3n) is 3.63. The Balaban J connectivity index is 1.87. The van der Waals surface area contributed by atoms with E-state index in [2.05, 4.69) is 18.9 Å². The molecule has 2 N–H and O–H groups in total. The molecule has 110 valence electrons. The predicted molar refractivity (Wildman–Crippen MR) is 87.2 cm³/mol. The second kappa shape index (κ2) is 4.96. The molecule has 1 aromatic carbocycles. The zero-order valence-electron chi connectivity index (χ0n) is 11.9. The molecule has 0 bridgehead atoms. The summed E-state index contributed by atoms with van der Waals surface area (Å²) >= 11 is 1.45. The monoisotopic (exact) mass is 311 g/mol. The summed E-state index contributed by atoms with van der Waals surface area (Å²) in [5.41, 5.74) is 8.80. The van der Waals surface area contributed by atoms with Crippen LogP contribution < -0.4 is 10.5 Å². The first kappa shape index (κ1) is 13.0. The summed E-state index contributed by atoms with van der Waals surface area (Å²) in [4.78, 5) is 8.49. The number of benzene rings is 1. The molecule has 0 unspecified atom stereocenters. The van der Waals surface area contributed by atoms with Crippen LogP contribution in [-0.4, -0.2) is 26.0 Å². The highest BCUT2D eigenvalue weighted by Crippen LogP contribution is 2.31. The van der Waals surface area contributed by atoms with Crippen LogP contribution >= 0.6 is 11.5 Å². The summed E-state index contributed by atoms with van der Waals surface area (Å²) in [5.74, 6) is 1.12. The minimum absolute atomic E-state index is 0.279. The molecule has 0 spiro atoms. The number of hydrogen-bond acceptors (Lipinski definition) is 6. The number of hydrogen-bond donors (Lipinski definition) is 1. The van der Waals surface area contributed by atoms with Crippen molar-refractivity contribution in [3.63, 3.8) is 0 Å². The highest BCUT2D eigenvalue weighted by Gasteiger charge is 2.15. The van der Waals surface area contributed by atoms with Gasteiger partial charge in [-0.2, -0.15) is 9.36 Å². The maximum absolute atomic E-state index is 5.75. The summed E-state index contributed by atoms with van der Waals surface area (Å²) in [5, 5.41) is 0.986. The lowest BCUT2D eigenvalue weighted by atomic mass is 10.2. The number of anilines is 1. The molecule has 6 nitrogen and oxygen atoms in total. The van der Waals surface area contributed by atoms with Gasteiger partial charge in [-0.15, -0.1) is 0 Å². The van der Waals surface area contributed by atoms with Gasteiger partial charge in [0, 0.05) is 12.7 Å². The molecule has 0 aliphatic heterocycles. The number of methoxy groups -OCH3 is 1. The van der Waals surface area contributed by atoms with Gasteiger partial charge in [0.1, 0.15) is 11.4 Å². The third kappa shape index (κ3) is 1.98. The van der Waals surface area contributed by atoms with Crippen molar-refractivity contribution in [3.8, 4) is 5.75 Å². The fraction of sp³-hybridized carbons (Fsp3) is 0.133. The Morgan fingerprint density at radius 1 is 1.23 bits per heavy atom. The second-order valence-electron chi connectivity index (χ2n) is 4.94. The quantitative estimate of drug-likeness (QED) is 0.629. The van der Waals surface area contributed by atoms with Crippen molar-refractivity contribution in [2.45, 2.75) is 6.54 Å². The maximum atomic E-state index is 5.75. The van der Waals surface area contributed by atoms with Gasteiger partial charge in [-0.1, -0.05) is 12.1 Å². The summed E-state index contributed by atoms with van der Waals surface area (Å²) in [6.45, 7) is 0.693. The molecule has 0 atom stereocenters. The summed E-state index contributed by atoms with van der Waals surface area (Å²) < 4.78 is 12.7. The van der Waals surface area contributed by atoms with Gasteiger partial charge in [0.2, 0.25) is 5.95 Å². The lowest BCUT2D eigenvalue weighted by Gasteiger charge is -2.07. The van der Waals surface area contributed by atoms with Crippen LogP contribution in [0.4, 0.5) is 5.95 Å². The molecule has 22 heavy (non-hydrogen) atoms. The molecule has 0 amide bonds. The number of ether oxygens (including phenoxy) is 1. The smallest absolute Gasteiger partial charge is 0.221 e. The van der Waals surface area contributed by atoms with Gasteiger partial charge < -0.3 is 15.0 Å². The van der Waals surface area contributed by atoms with Gasteiger partial charge in [-0.05, 0) is 29.2 Å². The van der Waals surface area contributed by atoms with Crippen LogP contribution in [0.25, 0.3) is 21.3 Å². The molecule has 3 aromatic heterocycles. The molecule has 0 saturated carbocycles. The highest BCUT2D eigenvalue weighted by atomic mass is 32.1. The van der Waals surface area contributed by atoms with Gasteiger partial charge in [0.15, 0.2) is 0 Å². The molecule has 4 rings (SSSR count). The Labute approximate surface area is 130 Å². The van der Waals surface area contributed by atoms with Crippen LogP contribution in [0.2, 0.25) is 0 Å². The summed E-state index contributed by atoms with van der Waals surface area (Å²) in [6, 6.07) is 7.99. The maximum Gasteiger partial charge on any atom is 0.221 e. The third-order valence-corrected chi connectivity index (χ3v) is 4.45. The van der Waals surface area contributed by atoms with E-state index in [1.165, 1.54) is 11.5 Å². The van der Waals surface area contributed by atoms with E-state index in [0.717, 1.165) is 32.6 Å². The van der Waals surface area contributed by atoms with Crippen molar-refractivity contribution in [2.24, 2.45) is 0 Å². The molecule has 0 aliphatic rings. The van der Waals surface area contributed by atoms with Crippen molar-refractivity contribution in [2.75, 3.05) is 12.8 Å². The first-order chi connectivity index (χ1) is 10.8. The number of rotatable bonds is 3. The van der Waals surface area contributed by atoms with Gasteiger partial charge in [0.05, 0.1) is 28.9 Å². The normalized spacial score (nSPS) is 11.3. The molecule has 0 radical (unpaired) electrons. The van der Waals surface area contributed by atoms with Crippen LogP contribution in [0, 0.1) is 0 Å². The highest BCUT2D eigenvalue weighted by molar-refractivity contribution is 7.14. The van der Waals surface area contributed by atoms with Crippen LogP contribution in [-0.2, 0) is 6.54 Å². The SMILES string of the molecule is COc1ccc(Cn2c3cnsc3c3cnc(N)nc32)cc1. The van der Waals surface area contributed by atoms with Crippen molar-refractivity contribution >= 4 is 38.7 Å². The van der Waals surface area contributed by atoms with E-state index < -0.39 is 0 Å². The van der Waals surface area contributed by atoms with Gasteiger partial charge >= 0.3 is 0 Å². The van der Waals surface area contributed by atoms with Gasteiger partial charge in [0.25, 0.3) is 0 Å². The van der Waals surface area contributed by atoms with E-state index in [1.807, 2.05) is 30.5 Å². The number of nitrogens with zero attached hydrogens (tertiary/aromatic N) is 4. The minimum atomic E-state index is 0.279. The van der Waals surface area contributed by atoms with E-state index in [9.17, 15) is 0 Å². The largest absolute Gasteiger partial charge is 0.497 e. The zero-order valence-corrected chi connectivity index (χ0v) is 12.7. The van der Waals surface area contributed by atoms with Crippen LogP contribution in [0.1, 0.15) is 5.56 Å². The fourth-order valence-corrected chi connectivity index (χ4v) is 3.31. The van der Waals surface area contributed by atoms with Crippen molar-refractivity contribution in [1.29, 1.82) is 0 Å². The standard InChI is InChI=1S/C15H13N5OS/c1-21-10-4-2-9(3-5-10)8-20-12-7-18-22-13(12)11-6-17-15(16)19-14(11)20/h2-7H,8H2,1H3,(H2,16,17,19). The van der Waals surface area contributed by atoms with Crippen LogP contribution in [0.15, 0.2) is 36.7 Å². The van der Waals surface area contributed by atoms with E-state index in [-0.39, 0.29) is 5.95 Å². The van der Waals surface area contributed by atoms with Crippen LogP contribution in [0.3, 0.4) is 0 Å². The second-order valence-corrected chi connectivity index (χ2v) is 5.74. The predicted octanol–water partition coefficient (Wildman–Crippen LogP) is 2.68. The van der Waals surface area contributed by atoms with Crippen LogP contribution in [0.5, 0.6) is 5.75 Å². The van der Waals surface area contributed by atoms with E-state index in [1.54, 1.807) is 13.3 Å². The number of fused-ring (bicyclic) bond motifs is 3. The molecule has 7 heteroatoms. The molecule has 0 fully saturated rings. The fourth-order valence-electron chi connectivity index (χ4n) is 2.55.